The molecule has 1 aromatic rings. The molecule has 0 spiro atoms. The van der Waals surface area contributed by atoms with Gasteiger partial charge in [-0.05, 0) is 24.8 Å². The third-order valence-corrected chi connectivity index (χ3v) is 3.48. The monoisotopic (exact) mass is 261 g/mol. The summed E-state index contributed by atoms with van der Waals surface area (Å²) in [4.78, 5) is 11.8. The lowest BCUT2D eigenvalue weighted by Gasteiger charge is -2.26. The number of aryl methyl sites for hydroxylation is 1. The summed E-state index contributed by atoms with van der Waals surface area (Å²) in [6, 6.07) is 8.50. The van der Waals surface area contributed by atoms with Crippen LogP contribution < -0.4 is 5.32 Å². The average Bonchev–Trinajstić information content (AvgIpc) is 2.34. The summed E-state index contributed by atoms with van der Waals surface area (Å²) in [7, 11) is 0. The predicted molar refractivity (Wildman–Crippen MR) is 81.3 cm³/mol. The summed E-state index contributed by atoms with van der Waals surface area (Å²) >= 11 is 0. The van der Waals surface area contributed by atoms with Gasteiger partial charge < -0.3 is 5.32 Å². The summed E-state index contributed by atoms with van der Waals surface area (Å²) in [6.45, 7) is 11.4. The standard InChI is InChI=1S/C17H27NO/c1-13(2)9-10-16(19)18-12-17(4,5)15-8-6-7-14(3)11-15/h6-8,11,13H,9-10,12H2,1-5H3,(H,18,19). The highest BCUT2D eigenvalue weighted by Gasteiger charge is 2.21. The van der Waals surface area contributed by atoms with E-state index in [1.165, 1.54) is 11.1 Å². The molecule has 106 valence electrons. The quantitative estimate of drug-likeness (QED) is 0.828. The van der Waals surface area contributed by atoms with Gasteiger partial charge in [-0.1, -0.05) is 57.5 Å². The van der Waals surface area contributed by atoms with Gasteiger partial charge in [0.1, 0.15) is 0 Å². The number of hydrogen-bond donors (Lipinski definition) is 1. The van der Waals surface area contributed by atoms with Gasteiger partial charge in [-0.2, -0.15) is 0 Å². The Morgan fingerprint density at radius 3 is 2.58 bits per heavy atom. The minimum Gasteiger partial charge on any atom is -0.355 e. The molecule has 2 heteroatoms. The number of carbonyl (C=O) groups excluding carboxylic acids is 1. The number of rotatable bonds is 6. The summed E-state index contributed by atoms with van der Waals surface area (Å²) in [5.74, 6) is 0.741. The van der Waals surface area contributed by atoms with Crippen molar-refractivity contribution in [1.29, 1.82) is 0 Å². The highest BCUT2D eigenvalue weighted by atomic mass is 16.1. The molecule has 0 saturated heterocycles. The largest absolute Gasteiger partial charge is 0.355 e. The van der Waals surface area contributed by atoms with Crippen molar-refractivity contribution < 1.29 is 4.79 Å². The van der Waals surface area contributed by atoms with Crippen LogP contribution in [0.3, 0.4) is 0 Å². The zero-order chi connectivity index (χ0) is 14.5. The van der Waals surface area contributed by atoms with E-state index in [4.69, 9.17) is 0 Å². The summed E-state index contributed by atoms with van der Waals surface area (Å²) < 4.78 is 0. The highest BCUT2D eigenvalue weighted by molar-refractivity contribution is 5.76. The maximum atomic E-state index is 11.8. The first kappa shape index (κ1) is 15.7. The van der Waals surface area contributed by atoms with Gasteiger partial charge in [-0.25, -0.2) is 0 Å². The van der Waals surface area contributed by atoms with Gasteiger partial charge in [0, 0.05) is 18.4 Å². The summed E-state index contributed by atoms with van der Waals surface area (Å²) in [5.41, 5.74) is 2.51. The van der Waals surface area contributed by atoms with Gasteiger partial charge in [0.2, 0.25) is 5.91 Å². The molecule has 0 heterocycles. The van der Waals surface area contributed by atoms with E-state index in [-0.39, 0.29) is 11.3 Å². The lowest BCUT2D eigenvalue weighted by Crippen LogP contribution is -2.36. The van der Waals surface area contributed by atoms with E-state index < -0.39 is 0 Å². The van der Waals surface area contributed by atoms with Crippen molar-refractivity contribution in [3.63, 3.8) is 0 Å². The van der Waals surface area contributed by atoms with E-state index in [1.807, 2.05) is 0 Å². The molecule has 0 aromatic heterocycles. The van der Waals surface area contributed by atoms with Crippen LogP contribution in [0.1, 0.15) is 51.7 Å². The molecule has 0 aliphatic rings. The van der Waals surface area contributed by atoms with Crippen molar-refractivity contribution in [2.24, 2.45) is 5.92 Å². The third kappa shape index (κ3) is 5.46. The minimum atomic E-state index is -0.0283. The molecule has 0 fully saturated rings. The van der Waals surface area contributed by atoms with Crippen LogP contribution in [0.15, 0.2) is 24.3 Å². The lowest BCUT2D eigenvalue weighted by molar-refractivity contribution is -0.121. The highest BCUT2D eigenvalue weighted by Crippen LogP contribution is 2.23. The number of benzene rings is 1. The van der Waals surface area contributed by atoms with Crippen molar-refractivity contribution in [3.8, 4) is 0 Å². The van der Waals surface area contributed by atoms with Crippen LogP contribution in [-0.4, -0.2) is 12.5 Å². The van der Waals surface area contributed by atoms with Crippen LogP contribution in [0.2, 0.25) is 0 Å². The Labute approximate surface area is 117 Å². The van der Waals surface area contributed by atoms with Gasteiger partial charge in [0.25, 0.3) is 0 Å². The first-order valence-electron chi connectivity index (χ1n) is 7.15. The SMILES string of the molecule is Cc1cccc(C(C)(C)CNC(=O)CCC(C)C)c1. The van der Waals surface area contributed by atoms with E-state index >= 15 is 0 Å². The maximum Gasteiger partial charge on any atom is 0.220 e. The first-order valence-corrected chi connectivity index (χ1v) is 7.15. The Balaban J connectivity index is 2.53. The van der Waals surface area contributed by atoms with Crippen molar-refractivity contribution in [3.05, 3.63) is 35.4 Å². The molecule has 2 nitrogen and oxygen atoms in total. The molecule has 1 aromatic carbocycles. The Bertz CT molecular complexity index is 421. The van der Waals surface area contributed by atoms with Gasteiger partial charge in [-0.15, -0.1) is 0 Å². The zero-order valence-corrected chi connectivity index (χ0v) is 12.9. The molecule has 0 aliphatic carbocycles. The first-order chi connectivity index (χ1) is 8.81. The Morgan fingerprint density at radius 2 is 2.00 bits per heavy atom. The fourth-order valence-electron chi connectivity index (χ4n) is 2.00. The molecular weight excluding hydrogens is 234 g/mol. The van der Waals surface area contributed by atoms with Gasteiger partial charge >= 0.3 is 0 Å². The summed E-state index contributed by atoms with van der Waals surface area (Å²) in [5, 5.41) is 3.06. The summed E-state index contributed by atoms with van der Waals surface area (Å²) in [6.07, 6.45) is 1.58. The Hall–Kier alpha value is -1.31. The van der Waals surface area contributed by atoms with Crippen molar-refractivity contribution in [2.45, 2.75) is 52.9 Å². The molecule has 1 amide bonds. The second kappa shape index (κ2) is 6.74. The van der Waals surface area contributed by atoms with E-state index in [2.05, 4.69) is 64.2 Å². The Morgan fingerprint density at radius 1 is 1.32 bits per heavy atom. The van der Waals surface area contributed by atoms with E-state index in [0.29, 0.717) is 18.9 Å². The van der Waals surface area contributed by atoms with Crippen molar-refractivity contribution in [1.82, 2.24) is 5.32 Å². The molecular formula is C17H27NO. The van der Waals surface area contributed by atoms with Gasteiger partial charge in [0.15, 0.2) is 0 Å². The number of hydrogen-bond acceptors (Lipinski definition) is 1. The molecule has 0 saturated carbocycles. The number of carbonyl (C=O) groups is 1. The normalized spacial score (nSPS) is 11.7. The number of amides is 1. The molecule has 19 heavy (non-hydrogen) atoms. The van der Waals surface area contributed by atoms with E-state index in [1.54, 1.807) is 0 Å². The molecule has 1 N–H and O–H groups in total. The average molecular weight is 261 g/mol. The van der Waals surface area contributed by atoms with Crippen LogP contribution in [-0.2, 0) is 10.2 Å². The maximum absolute atomic E-state index is 11.8. The van der Waals surface area contributed by atoms with Crippen LogP contribution >= 0.6 is 0 Å². The van der Waals surface area contributed by atoms with Crippen LogP contribution in [0.4, 0.5) is 0 Å². The van der Waals surface area contributed by atoms with E-state index in [0.717, 1.165) is 6.42 Å². The molecule has 0 atom stereocenters. The van der Waals surface area contributed by atoms with Crippen LogP contribution in [0.5, 0.6) is 0 Å². The number of nitrogens with one attached hydrogen (secondary N) is 1. The van der Waals surface area contributed by atoms with Crippen molar-refractivity contribution >= 4 is 5.91 Å². The predicted octanol–water partition coefficient (Wildman–Crippen LogP) is 3.83. The third-order valence-electron chi connectivity index (χ3n) is 3.48. The second-order valence-corrected chi connectivity index (χ2v) is 6.46. The van der Waals surface area contributed by atoms with E-state index in [9.17, 15) is 4.79 Å². The molecule has 0 aliphatic heterocycles. The zero-order valence-electron chi connectivity index (χ0n) is 12.9. The molecule has 1 rings (SSSR count). The van der Waals surface area contributed by atoms with Crippen molar-refractivity contribution in [2.75, 3.05) is 6.54 Å². The molecule has 0 bridgehead atoms. The minimum absolute atomic E-state index is 0.0283. The smallest absolute Gasteiger partial charge is 0.220 e. The van der Waals surface area contributed by atoms with Gasteiger partial charge in [-0.3, -0.25) is 4.79 Å². The fraction of sp³-hybridized carbons (Fsp3) is 0.588. The van der Waals surface area contributed by atoms with Gasteiger partial charge in [0.05, 0.1) is 0 Å². The molecule has 0 radical (unpaired) electrons. The second-order valence-electron chi connectivity index (χ2n) is 6.46. The van der Waals surface area contributed by atoms with Crippen LogP contribution in [0, 0.1) is 12.8 Å². The molecule has 0 unspecified atom stereocenters. The topological polar surface area (TPSA) is 29.1 Å². The fourth-order valence-corrected chi connectivity index (χ4v) is 2.00. The lowest BCUT2D eigenvalue weighted by atomic mass is 9.84. The Kier molecular flexibility index (Phi) is 5.59. The van der Waals surface area contributed by atoms with Crippen LogP contribution in [0.25, 0.3) is 0 Å².